The van der Waals surface area contributed by atoms with Gasteiger partial charge in [-0.25, -0.2) is 4.68 Å². The van der Waals surface area contributed by atoms with Gasteiger partial charge in [-0.3, -0.25) is 9.69 Å². The summed E-state index contributed by atoms with van der Waals surface area (Å²) in [5.74, 6) is 0.0292. The first-order valence-electron chi connectivity index (χ1n) is 7.32. The highest BCUT2D eigenvalue weighted by molar-refractivity contribution is 5.80. The van der Waals surface area contributed by atoms with Crippen LogP contribution in [0.3, 0.4) is 0 Å². The SMILES string of the molecule is Cc1nn(C(F)F)c(C)c1CC(=O)N1CCN2CCC1C2. The Hall–Kier alpha value is -1.50. The molecule has 0 aliphatic carbocycles. The van der Waals surface area contributed by atoms with E-state index in [1.54, 1.807) is 13.8 Å². The molecule has 2 aliphatic heterocycles. The minimum absolute atomic E-state index is 0.0292. The summed E-state index contributed by atoms with van der Waals surface area (Å²) in [5, 5.41) is 3.84. The van der Waals surface area contributed by atoms with Gasteiger partial charge >= 0.3 is 6.55 Å². The molecule has 2 saturated heterocycles. The molecule has 1 aromatic rings. The van der Waals surface area contributed by atoms with Crippen LogP contribution >= 0.6 is 0 Å². The third kappa shape index (κ3) is 2.54. The number of nitrogens with zero attached hydrogens (tertiary/aromatic N) is 4. The first-order chi connectivity index (χ1) is 9.97. The zero-order valence-electron chi connectivity index (χ0n) is 12.4. The topological polar surface area (TPSA) is 41.4 Å². The van der Waals surface area contributed by atoms with Crippen LogP contribution in [0.1, 0.15) is 29.9 Å². The molecule has 3 rings (SSSR count). The van der Waals surface area contributed by atoms with Crippen molar-refractivity contribution in [2.45, 2.75) is 39.3 Å². The summed E-state index contributed by atoms with van der Waals surface area (Å²) in [6.45, 7) is 4.27. The second kappa shape index (κ2) is 5.36. The van der Waals surface area contributed by atoms with E-state index in [0.717, 1.165) is 32.6 Å². The maximum atomic E-state index is 12.8. The van der Waals surface area contributed by atoms with Gasteiger partial charge in [0.2, 0.25) is 5.91 Å². The van der Waals surface area contributed by atoms with E-state index in [9.17, 15) is 13.6 Å². The van der Waals surface area contributed by atoms with Gasteiger partial charge in [-0.05, 0) is 20.3 Å². The summed E-state index contributed by atoms with van der Waals surface area (Å²) in [6, 6.07) is 0.289. The monoisotopic (exact) mass is 298 g/mol. The first kappa shape index (κ1) is 14.4. The van der Waals surface area contributed by atoms with Crippen molar-refractivity contribution in [1.82, 2.24) is 19.6 Å². The smallest absolute Gasteiger partial charge is 0.333 e. The van der Waals surface area contributed by atoms with Crippen LogP contribution in [-0.4, -0.2) is 57.7 Å². The van der Waals surface area contributed by atoms with E-state index in [2.05, 4.69) is 10.00 Å². The lowest BCUT2D eigenvalue weighted by molar-refractivity contribution is -0.133. The van der Waals surface area contributed by atoms with Gasteiger partial charge in [0, 0.05) is 43.5 Å². The lowest BCUT2D eigenvalue weighted by atomic mass is 10.1. The molecular formula is C14H20F2N4O. The van der Waals surface area contributed by atoms with Crippen molar-refractivity contribution in [1.29, 1.82) is 0 Å². The highest BCUT2D eigenvalue weighted by atomic mass is 19.3. The van der Waals surface area contributed by atoms with Crippen molar-refractivity contribution in [3.63, 3.8) is 0 Å². The molecule has 2 atom stereocenters. The molecule has 1 aromatic heterocycles. The second-order valence-electron chi connectivity index (χ2n) is 5.88. The highest BCUT2D eigenvalue weighted by Crippen LogP contribution is 2.24. The minimum Gasteiger partial charge on any atom is -0.337 e. The number of amides is 1. The van der Waals surface area contributed by atoms with Gasteiger partial charge in [-0.2, -0.15) is 13.9 Å². The zero-order chi connectivity index (χ0) is 15.1. The number of alkyl halides is 2. The summed E-state index contributed by atoms with van der Waals surface area (Å²) in [7, 11) is 0. The van der Waals surface area contributed by atoms with Crippen molar-refractivity contribution in [2.75, 3.05) is 26.2 Å². The average molecular weight is 298 g/mol. The van der Waals surface area contributed by atoms with Crippen molar-refractivity contribution in [3.8, 4) is 0 Å². The molecule has 0 N–H and O–H groups in total. The molecule has 2 aliphatic rings. The van der Waals surface area contributed by atoms with E-state index in [1.807, 2.05) is 4.90 Å². The fourth-order valence-electron chi connectivity index (χ4n) is 3.43. The number of fused-ring (bicyclic) bond motifs is 2. The van der Waals surface area contributed by atoms with Crippen LogP contribution in [0.25, 0.3) is 0 Å². The van der Waals surface area contributed by atoms with Crippen LogP contribution in [0.4, 0.5) is 8.78 Å². The number of hydrogen-bond acceptors (Lipinski definition) is 3. The van der Waals surface area contributed by atoms with Gasteiger partial charge in [-0.1, -0.05) is 0 Å². The number of aryl methyl sites for hydroxylation is 1. The van der Waals surface area contributed by atoms with Crippen LogP contribution in [0.2, 0.25) is 0 Å². The summed E-state index contributed by atoms with van der Waals surface area (Å²) in [5.41, 5.74) is 1.55. The summed E-state index contributed by atoms with van der Waals surface area (Å²) in [6.07, 6.45) is 1.18. The second-order valence-corrected chi connectivity index (χ2v) is 5.88. The molecule has 0 radical (unpaired) electrons. The van der Waals surface area contributed by atoms with E-state index in [-0.39, 0.29) is 18.4 Å². The number of piperazine rings is 1. The highest BCUT2D eigenvalue weighted by Gasteiger charge is 2.35. The molecule has 116 valence electrons. The van der Waals surface area contributed by atoms with Crippen LogP contribution in [-0.2, 0) is 11.2 Å². The standard InChI is InChI=1S/C14H20F2N4O/c1-9-12(10(2)20(17-9)14(15)16)7-13(21)19-6-5-18-4-3-11(19)8-18/h11,14H,3-8H2,1-2H3. The quantitative estimate of drug-likeness (QED) is 0.846. The predicted molar refractivity (Wildman–Crippen MR) is 73.2 cm³/mol. The Bertz CT molecular complexity index is 557. The van der Waals surface area contributed by atoms with Crippen molar-refractivity contribution in [3.05, 3.63) is 17.0 Å². The van der Waals surface area contributed by atoms with Crippen molar-refractivity contribution < 1.29 is 13.6 Å². The van der Waals surface area contributed by atoms with Gasteiger partial charge in [0.1, 0.15) is 0 Å². The molecule has 0 spiro atoms. The molecule has 1 amide bonds. The summed E-state index contributed by atoms with van der Waals surface area (Å²) >= 11 is 0. The van der Waals surface area contributed by atoms with E-state index in [1.165, 1.54) is 0 Å². The van der Waals surface area contributed by atoms with Crippen LogP contribution in [0.15, 0.2) is 0 Å². The van der Waals surface area contributed by atoms with E-state index in [4.69, 9.17) is 0 Å². The van der Waals surface area contributed by atoms with E-state index >= 15 is 0 Å². The van der Waals surface area contributed by atoms with Crippen molar-refractivity contribution >= 4 is 5.91 Å². The average Bonchev–Trinajstić information content (AvgIpc) is 2.94. The number of carbonyl (C=O) groups is 1. The third-order valence-corrected chi connectivity index (χ3v) is 4.65. The lowest BCUT2D eigenvalue weighted by Crippen LogP contribution is -2.50. The van der Waals surface area contributed by atoms with Crippen LogP contribution in [0.5, 0.6) is 0 Å². The van der Waals surface area contributed by atoms with Gasteiger partial charge in [0.05, 0.1) is 12.1 Å². The Morgan fingerprint density at radius 3 is 2.76 bits per heavy atom. The van der Waals surface area contributed by atoms with Gasteiger partial charge in [0.15, 0.2) is 0 Å². The first-order valence-corrected chi connectivity index (χ1v) is 7.32. The maximum Gasteiger partial charge on any atom is 0.333 e. The Morgan fingerprint density at radius 1 is 1.33 bits per heavy atom. The minimum atomic E-state index is -2.66. The predicted octanol–water partition coefficient (Wildman–Crippen LogP) is 1.35. The molecule has 3 heterocycles. The molecule has 2 fully saturated rings. The van der Waals surface area contributed by atoms with Crippen molar-refractivity contribution in [2.24, 2.45) is 0 Å². The molecule has 2 bridgehead atoms. The Kier molecular flexibility index (Phi) is 3.69. The fourth-order valence-corrected chi connectivity index (χ4v) is 3.43. The summed E-state index contributed by atoms with van der Waals surface area (Å²) in [4.78, 5) is 16.8. The summed E-state index contributed by atoms with van der Waals surface area (Å²) < 4.78 is 26.4. The van der Waals surface area contributed by atoms with Gasteiger partial charge < -0.3 is 4.90 Å². The third-order valence-electron chi connectivity index (χ3n) is 4.65. The molecule has 21 heavy (non-hydrogen) atoms. The molecule has 2 unspecified atom stereocenters. The van der Waals surface area contributed by atoms with Gasteiger partial charge in [0.25, 0.3) is 0 Å². The number of carbonyl (C=O) groups excluding carboxylic acids is 1. The number of rotatable bonds is 3. The van der Waals surface area contributed by atoms with E-state index in [0.29, 0.717) is 21.6 Å². The fraction of sp³-hybridized carbons (Fsp3) is 0.714. The number of hydrogen-bond donors (Lipinski definition) is 0. The van der Waals surface area contributed by atoms with E-state index < -0.39 is 6.55 Å². The normalized spacial score (nSPS) is 24.9. The molecular weight excluding hydrogens is 278 g/mol. The number of halogens is 2. The van der Waals surface area contributed by atoms with Gasteiger partial charge in [-0.15, -0.1) is 0 Å². The largest absolute Gasteiger partial charge is 0.337 e. The molecule has 0 aromatic carbocycles. The van der Waals surface area contributed by atoms with Crippen LogP contribution in [0, 0.1) is 13.8 Å². The Balaban J connectivity index is 1.76. The lowest BCUT2D eigenvalue weighted by Gasteiger charge is -2.34. The van der Waals surface area contributed by atoms with Crippen LogP contribution < -0.4 is 0 Å². The molecule has 7 heteroatoms. The Labute approximate surface area is 122 Å². The molecule has 0 saturated carbocycles. The maximum absolute atomic E-state index is 12.8. The zero-order valence-corrected chi connectivity index (χ0v) is 12.4. The number of aromatic nitrogens is 2. The Morgan fingerprint density at radius 2 is 2.10 bits per heavy atom. The molecule has 5 nitrogen and oxygen atoms in total.